The Kier molecular flexibility index (Phi) is 13.0. The Bertz CT molecular complexity index is 3280. The second kappa shape index (κ2) is 20.0. The van der Waals surface area contributed by atoms with Crippen molar-refractivity contribution in [1.29, 1.82) is 0 Å². The predicted molar refractivity (Wildman–Crippen MR) is 254 cm³/mol. The first-order chi connectivity index (χ1) is 32.8. The summed E-state index contributed by atoms with van der Waals surface area (Å²) in [5.41, 5.74) is 7.34. The van der Waals surface area contributed by atoms with Gasteiger partial charge in [0.05, 0.1) is 62.4 Å². The van der Waals surface area contributed by atoms with Crippen LogP contribution in [0.2, 0.25) is 0 Å². The molecule has 0 atom stereocenters. The minimum Gasteiger partial charge on any atom is -0.345 e. The summed E-state index contributed by atoms with van der Waals surface area (Å²) in [6, 6.07) is 40.8. The lowest BCUT2D eigenvalue weighted by atomic mass is 10.0. The maximum atomic E-state index is 14.5. The van der Waals surface area contributed by atoms with E-state index in [-0.39, 0.29) is 49.1 Å². The predicted octanol–water partition coefficient (Wildman–Crippen LogP) is 11.2. The van der Waals surface area contributed by atoms with Gasteiger partial charge in [-0.1, -0.05) is 97.1 Å². The van der Waals surface area contributed by atoms with Crippen LogP contribution in [-0.4, -0.2) is 41.7 Å². The van der Waals surface area contributed by atoms with Gasteiger partial charge in [-0.2, -0.15) is 0 Å². The van der Waals surface area contributed by atoms with E-state index in [1.54, 1.807) is 72.9 Å². The summed E-state index contributed by atoms with van der Waals surface area (Å²) in [5, 5.41) is 3.85. The first kappa shape index (κ1) is 43.5. The van der Waals surface area contributed by atoms with Crippen molar-refractivity contribution in [3.63, 3.8) is 0 Å². The number of pyridine rings is 2. The first-order valence-corrected chi connectivity index (χ1v) is 21.4. The highest BCUT2D eigenvalue weighted by molar-refractivity contribution is 5.99. The number of amides is 2. The molecule has 0 radical (unpaired) electrons. The van der Waals surface area contributed by atoms with Gasteiger partial charge in [0.1, 0.15) is 5.82 Å². The lowest BCUT2D eigenvalue weighted by Crippen LogP contribution is -2.32. The van der Waals surface area contributed by atoms with E-state index >= 15 is 0 Å². The third-order valence-corrected chi connectivity index (χ3v) is 11.4. The van der Waals surface area contributed by atoms with Crippen LogP contribution in [0.5, 0.6) is 0 Å². The molecule has 10 nitrogen and oxygen atoms in total. The van der Waals surface area contributed by atoms with Gasteiger partial charge < -0.3 is 19.8 Å². The van der Waals surface area contributed by atoms with Gasteiger partial charge in [-0.3, -0.25) is 19.6 Å². The summed E-state index contributed by atoms with van der Waals surface area (Å²) in [6.45, 7) is 0.155. The number of rotatable bonds is 12. The van der Waals surface area contributed by atoms with E-state index in [4.69, 9.17) is 0 Å². The molecule has 0 fully saturated rings. The fourth-order valence-electron chi connectivity index (χ4n) is 7.93. The van der Waals surface area contributed by atoms with Gasteiger partial charge in [0.2, 0.25) is 11.8 Å². The minimum atomic E-state index is -0.957. The van der Waals surface area contributed by atoms with Gasteiger partial charge in [-0.15, -0.1) is 0 Å². The minimum absolute atomic E-state index is 0.0631. The van der Waals surface area contributed by atoms with E-state index in [0.717, 1.165) is 72.5 Å². The molecule has 10 rings (SSSR count). The smallest absolute Gasteiger partial charge is 0.231 e. The zero-order valence-electron chi connectivity index (χ0n) is 35.9. The number of aromatic amines is 2. The Morgan fingerprint density at radius 2 is 0.985 bits per heavy atom. The van der Waals surface area contributed by atoms with E-state index in [9.17, 15) is 22.8 Å². The molecule has 330 valence electrons. The molecular formula is C54H41F3N8O2. The summed E-state index contributed by atoms with van der Waals surface area (Å²) >= 11 is 0. The van der Waals surface area contributed by atoms with E-state index in [1.807, 2.05) is 91.0 Å². The van der Waals surface area contributed by atoms with Crippen molar-refractivity contribution >= 4 is 44.7 Å². The van der Waals surface area contributed by atoms with Gasteiger partial charge >= 0.3 is 0 Å². The lowest BCUT2D eigenvalue weighted by Gasteiger charge is -2.24. The van der Waals surface area contributed by atoms with Crippen molar-refractivity contribution in [2.45, 2.75) is 25.9 Å². The number of H-pyrrole nitrogens is 2. The number of carbonyl (C=O) groups is 2. The maximum absolute atomic E-state index is 14.5. The van der Waals surface area contributed by atoms with Gasteiger partial charge in [0.15, 0.2) is 11.6 Å². The molecule has 0 unspecified atom stereocenters. The maximum Gasteiger partial charge on any atom is 0.231 e. The molecule has 0 saturated carbocycles. The topological polar surface area (TPSA) is 124 Å². The van der Waals surface area contributed by atoms with Crippen LogP contribution in [0.3, 0.4) is 0 Å². The number of hydrogen-bond acceptors (Lipinski definition) is 6. The van der Waals surface area contributed by atoms with Crippen molar-refractivity contribution in [3.05, 3.63) is 229 Å². The molecule has 4 aromatic heterocycles. The number of carbonyl (C=O) groups excluding carboxylic acids is 2. The number of imidazole rings is 2. The molecule has 6 aromatic carbocycles. The van der Waals surface area contributed by atoms with Crippen LogP contribution in [0.1, 0.15) is 22.3 Å². The number of nitrogens with one attached hydrogen (secondary N) is 2. The van der Waals surface area contributed by atoms with Crippen LogP contribution in [0.4, 0.5) is 24.5 Å². The second-order valence-electron chi connectivity index (χ2n) is 15.7. The third kappa shape index (κ3) is 10.2. The number of hydrogen-bond donors (Lipinski definition) is 2. The van der Waals surface area contributed by atoms with Gasteiger partial charge in [-0.05, 0) is 81.1 Å². The Balaban J connectivity index is 0.000000168. The van der Waals surface area contributed by atoms with E-state index < -0.39 is 11.6 Å². The highest BCUT2D eigenvalue weighted by atomic mass is 19.2. The fourth-order valence-corrected chi connectivity index (χ4v) is 7.93. The van der Waals surface area contributed by atoms with Crippen molar-refractivity contribution in [3.8, 4) is 22.5 Å². The quantitative estimate of drug-likeness (QED) is 0.126. The van der Waals surface area contributed by atoms with Crippen LogP contribution >= 0.6 is 0 Å². The van der Waals surface area contributed by atoms with E-state index in [0.29, 0.717) is 5.69 Å². The van der Waals surface area contributed by atoms with Crippen LogP contribution in [0.15, 0.2) is 189 Å². The molecular weight excluding hydrogens is 850 g/mol. The second-order valence-corrected chi connectivity index (χ2v) is 15.7. The fraction of sp³-hybridized carbons (Fsp3) is 0.0741. The number of halogens is 3. The van der Waals surface area contributed by atoms with Crippen LogP contribution in [-0.2, 0) is 35.5 Å². The molecule has 10 aromatic rings. The molecule has 0 saturated heterocycles. The third-order valence-electron chi connectivity index (χ3n) is 11.4. The molecule has 0 spiro atoms. The summed E-state index contributed by atoms with van der Waals surface area (Å²) < 4.78 is 42.2. The molecule has 0 aliphatic heterocycles. The molecule has 4 heterocycles. The highest BCUT2D eigenvalue weighted by Gasteiger charge is 2.22. The van der Waals surface area contributed by atoms with Crippen LogP contribution in [0, 0.1) is 17.5 Å². The van der Waals surface area contributed by atoms with Crippen molar-refractivity contribution in [1.82, 2.24) is 29.9 Å². The number of anilines is 2. The van der Waals surface area contributed by atoms with Gasteiger partial charge in [-0.25, -0.2) is 23.1 Å². The molecule has 0 bridgehead atoms. The Labute approximate surface area is 383 Å². The summed E-state index contributed by atoms with van der Waals surface area (Å²) in [7, 11) is 0. The SMILES string of the molecule is O=C(Cc1cncc2ccccc12)N(Cc1cccc(F)c1)c1ccc(-c2cnc[nH]2)cc1.O=C(Cc1cncc2ccccc12)N(Cc1cccc(F)c1F)c1ccc(-c2cnc[nH]2)cc1. The lowest BCUT2D eigenvalue weighted by molar-refractivity contribution is -0.118. The number of aromatic nitrogens is 6. The number of fused-ring (bicyclic) bond motifs is 2. The van der Waals surface area contributed by atoms with Gasteiger partial charge in [0, 0.05) is 52.5 Å². The first-order valence-electron chi connectivity index (χ1n) is 21.4. The van der Waals surface area contributed by atoms with E-state index in [1.165, 1.54) is 29.2 Å². The highest BCUT2D eigenvalue weighted by Crippen LogP contribution is 2.28. The molecule has 2 N–H and O–H groups in total. The molecule has 13 heteroatoms. The number of benzene rings is 6. The standard InChI is InChI=1S/C27H20F2N4O.C27H21FN4O/c28-24-7-3-5-20(27(24)29)16-33(22-10-8-18(9-11-22)25-15-31-17-32-25)26(34)12-21-14-30-13-19-4-1-2-6-23(19)21;28-23-6-3-4-19(12-23)17-32(24-10-8-20(9-11-24)26-16-30-18-31-26)27(33)13-22-15-29-14-21-5-1-2-7-25(21)22/h1-11,13-15,17H,12,16H2,(H,31,32);1-12,14-16,18H,13,17H2,(H,30,31). The van der Waals surface area contributed by atoms with E-state index in [2.05, 4.69) is 29.9 Å². The van der Waals surface area contributed by atoms with Crippen LogP contribution in [0.25, 0.3) is 44.1 Å². The number of nitrogens with zero attached hydrogens (tertiary/aromatic N) is 6. The summed E-state index contributed by atoms with van der Waals surface area (Å²) in [4.78, 5) is 53.0. The van der Waals surface area contributed by atoms with Crippen molar-refractivity contribution in [2.24, 2.45) is 0 Å². The molecule has 2 amide bonds. The average Bonchev–Trinajstić information content (AvgIpc) is 4.11. The Morgan fingerprint density at radius 1 is 0.478 bits per heavy atom. The monoisotopic (exact) mass is 890 g/mol. The average molecular weight is 891 g/mol. The Hall–Kier alpha value is -8.71. The Morgan fingerprint density at radius 3 is 1.49 bits per heavy atom. The zero-order valence-corrected chi connectivity index (χ0v) is 35.9. The van der Waals surface area contributed by atoms with Gasteiger partial charge in [0.25, 0.3) is 0 Å². The molecule has 0 aliphatic carbocycles. The largest absolute Gasteiger partial charge is 0.345 e. The molecule has 67 heavy (non-hydrogen) atoms. The normalized spacial score (nSPS) is 11.0. The van der Waals surface area contributed by atoms with Crippen molar-refractivity contribution in [2.75, 3.05) is 9.80 Å². The molecule has 0 aliphatic rings. The summed E-state index contributed by atoms with van der Waals surface area (Å²) in [6.07, 6.45) is 13.9. The zero-order chi connectivity index (χ0) is 46.1. The van der Waals surface area contributed by atoms with Crippen LogP contribution < -0.4 is 9.80 Å². The van der Waals surface area contributed by atoms with Crippen molar-refractivity contribution < 1.29 is 22.8 Å². The summed E-state index contributed by atoms with van der Waals surface area (Å²) in [5.74, 6) is -2.57.